The Balaban J connectivity index is 2.08. The van der Waals surface area contributed by atoms with Crippen LogP contribution < -0.4 is 4.74 Å². The van der Waals surface area contributed by atoms with Gasteiger partial charge in [0.05, 0.1) is 0 Å². The number of aliphatic hydroxyl groups excluding tert-OH is 1. The van der Waals surface area contributed by atoms with Crippen LogP contribution in [0.4, 0.5) is 26.3 Å². The molecule has 0 aliphatic heterocycles. The van der Waals surface area contributed by atoms with Crippen molar-refractivity contribution in [2.75, 3.05) is 0 Å². The van der Waals surface area contributed by atoms with Crippen LogP contribution in [0, 0.1) is 5.82 Å². The van der Waals surface area contributed by atoms with Crippen LogP contribution in [0.25, 0.3) is 0 Å². The molecule has 0 heterocycles. The van der Waals surface area contributed by atoms with Gasteiger partial charge in [0.25, 0.3) is 0 Å². The number of alkyl halides is 5. The third-order valence-electron chi connectivity index (χ3n) is 3.65. The van der Waals surface area contributed by atoms with Crippen molar-refractivity contribution in [2.24, 2.45) is 0 Å². The van der Waals surface area contributed by atoms with Crippen molar-refractivity contribution in [3.63, 3.8) is 0 Å². The predicted octanol–water partition coefficient (Wildman–Crippen LogP) is 6.28. The molecule has 0 saturated heterocycles. The summed E-state index contributed by atoms with van der Waals surface area (Å²) in [4.78, 5) is -0.535. The Morgan fingerprint density at radius 2 is 1.77 bits per heavy atom. The Labute approximate surface area is 152 Å². The van der Waals surface area contributed by atoms with Crippen LogP contribution in [0.1, 0.15) is 23.4 Å². The molecular weight excluding hydrogens is 406 g/mol. The van der Waals surface area contributed by atoms with Crippen molar-refractivity contribution in [3.05, 3.63) is 52.3 Å². The van der Waals surface area contributed by atoms with E-state index in [0.29, 0.717) is 0 Å². The number of halogens is 7. The first-order chi connectivity index (χ1) is 12.1. The second-order valence-corrected chi connectivity index (χ2v) is 6.98. The molecule has 1 N–H and O–H groups in total. The fraction of sp³-hybridized carbons (Fsp3) is 0.250. The lowest BCUT2D eigenvalue weighted by Gasteiger charge is -2.16. The Bertz CT molecular complexity index is 824. The number of ether oxygens (including phenoxy) is 1. The van der Waals surface area contributed by atoms with E-state index in [1.54, 1.807) is 0 Å². The summed E-state index contributed by atoms with van der Waals surface area (Å²) in [6.45, 7) is 0. The highest BCUT2D eigenvalue weighted by molar-refractivity contribution is 8.00. The molecule has 0 aromatic heterocycles. The molecule has 0 fully saturated rings. The predicted molar refractivity (Wildman–Crippen MR) is 83.5 cm³/mol. The van der Waals surface area contributed by atoms with Gasteiger partial charge in [0.2, 0.25) is 0 Å². The third-order valence-corrected chi connectivity index (χ3v) is 4.68. The normalized spacial score (nSPS) is 22.4. The molecule has 140 valence electrons. The van der Waals surface area contributed by atoms with Crippen molar-refractivity contribution in [1.29, 1.82) is 0 Å². The van der Waals surface area contributed by atoms with Gasteiger partial charge in [-0.3, -0.25) is 0 Å². The summed E-state index contributed by atoms with van der Waals surface area (Å²) in [7, 11) is 0. The number of aliphatic hydroxyl groups is 1. The standard InChI is InChI=1S/C16H9ClF6O2S/c17-6-3-7(18)5-8(4-6)25-9-1-2-10(26-16(21,22)23)12-11(9)13(19)14(20)15(12)24/h1-5,13-15,24H/t13-,14+,15-/m0/s1. The Morgan fingerprint density at radius 3 is 2.38 bits per heavy atom. The molecule has 3 rings (SSSR count). The van der Waals surface area contributed by atoms with Crippen LogP contribution in [0.3, 0.4) is 0 Å². The van der Waals surface area contributed by atoms with E-state index in [1.807, 2.05) is 0 Å². The molecule has 10 heteroatoms. The highest BCUT2D eigenvalue weighted by atomic mass is 35.5. The van der Waals surface area contributed by atoms with Gasteiger partial charge in [0.1, 0.15) is 23.4 Å². The van der Waals surface area contributed by atoms with Crippen LogP contribution >= 0.6 is 23.4 Å². The zero-order valence-corrected chi connectivity index (χ0v) is 14.1. The lowest BCUT2D eigenvalue weighted by Crippen LogP contribution is -2.10. The van der Waals surface area contributed by atoms with Gasteiger partial charge in [-0.15, -0.1) is 0 Å². The Morgan fingerprint density at radius 1 is 1.08 bits per heavy atom. The summed E-state index contributed by atoms with van der Waals surface area (Å²) >= 11 is 5.09. The van der Waals surface area contributed by atoms with Gasteiger partial charge in [-0.1, -0.05) is 11.6 Å². The molecule has 26 heavy (non-hydrogen) atoms. The smallest absolute Gasteiger partial charge is 0.446 e. The SMILES string of the molecule is O[C@H]1c2c(SC(F)(F)F)ccc(Oc3cc(F)cc(Cl)c3)c2[C@H](F)[C@H]1F. The van der Waals surface area contributed by atoms with Gasteiger partial charge in [-0.05, 0) is 36.0 Å². The third kappa shape index (κ3) is 3.74. The molecule has 3 atom stereocenters. The molecule has 1 aliphatic carbocycles. The number of benzene rings is 2. The van der Waals surface area contributed by atoms with Gasteiger partial charge < -0.3 is 9.84 Å². The molecule has 0 amide bonds. The van der Waals surface area contributed by atoms with Gasteiger partial charge in [0.15, 0.2) is 12.3 Å². The Hall–Kier alpha value is -1.58. The number of thioether (sulfide) groups is 1. The van der Waals surface area contributed by atoms with E-state index in [9.17, 15) is 31.4 Å². The summed E-state index contributed by atoms with van der Waals surface area (Å²) < 4.78 is 84.9. The zero-order chi connectivity index (χ0) is 19.2. The fourth-order valence-corrected chi connectivity index (χ4v) is 3.62. The maximum absolute atomic E-state index is 14.3. The minimum Gasteiger partial charge on any atom is -0.457 e. The first kappa shape index (κ1) is 19.2. The fourth-order valence-electron chi connectivity index (χ4n) is 2.68. The van der Waals surface area contributed by atoms with E-state index in [0.717, 1.165) is 24.3 Å². The van der Waals surface area contributed by atoms with E-state index < -0.39 is 57.6 Å². The van der Waals surface area contributed by atoms with Crippen LogP contribution in [0.2, 0.25) is 5.02 Å². The van der Waals surface area contributed by atoms with E-state index in [4.69, 9.17) is 16.3 Å². The lowest BCUT2D eigenvalue weighted by molar-refractivity contribution is -0.0329. The topological polar surface area (TPSA) is 29.5 Å². The van der Waals surface area contributed by atoms with E-state index in [1.165, 1.54) is 6.07 Å². The van der Waals surface area contributed by atoms with Gasteiger partial charge in [0, 0.05) is 27.1 Å². The summed E-state index contributed by atoms with van der Waals surface area (Å²) in [6, 6.07) is 5.04. The van der Waals surface area contributed by atoms with Crippen LogP contribution in [0.5, 0.6) is 11.5 Å². The summed E-state index contributed by atoms with van der Waals surface area (Å²) in [6.07, 6.45) is -6.92. The minimum absolute atomic E-state index is 0.0268. The van der Waals surface area contributed by atoms with Crippen molar-refractivity contribution >= 4 is 23.4 Å². The lowest BCUT2D eigenvalue weighted by atomic mass is 10.1. The average Bonchev–Trinajstić information content (AvgIpc) is 2.73. The first-order valence-electron chi connectivity index (χ1n) is 7.09. The van der Waals surface area contributed by atoms with E-state index in [-0.39, 0.29) is 16.5 Å². The molecule has 0 bridgehead atoms. The van der Waals surface area contributed by atoms with Gasteiger partial charge >= 0.3 is 5.51 Å². The molecule has 2 aromatic carbocycles. The molecule has 0 spiro atoms. The molecule has 0 unspecified atom stereocenters. The van der Waals surface area contributed by atoms with Crippen LogP contribution in [-0.4, -0.2) is 16.8 Å². The molecular formula is C16H9ClF6O2S. The highest BCUT2D eigenvalue weighted by Gasteiger charge is 2.46. The second kappa shape index (κ2) is 6.86. The van der Waals surface area contributed by atoms with Crippen LogP contribution in [-0.2, 0) is 0 Å². The van der Waals surface area contributed by atoms with E-state index in [2.05, 4.69) is 0 Å². The maximum Gasteiger partial charge on any atom is 0.446 e. The number of fused-ring (bicyclic) bond motifs is 1. The van der Waals surface area contributed by atoms with Crippen molar-refractivity contribution in [3.8, 4) is 11.5 Å². The van der Waals surface area contributed by atoms with Crippen LogP contribution in [0.15, 0.2) is 35.2 Å². The summed E-state index contributed by atoms with van der Waals surface area (Å²) in [5, 5.41) is 9.82. The average molecular weight is 415 g/mol. The largest absolute Gasteiger partial charge is 0.457 e. The second-order valence-electron chi connectivity index (χ2n) is 5.44. The highest BCUT2D eigenvalue weighted by Crippen LogP contribution is 2.53. The monoisotopic (exact) mass is 414 g/mol. The first-order valence-corrected chi connectivity index (χ1v) is 8.29. The molecule has 2 aromatic rings. The van der Waals surface area contributed by atoms with E-state index >= 15 is 0 Å². The van der Waals surface area contributed by atoms with Crippen molar-refractivity contribution in [2.45, 2.75) is 28.9 Å². The van der Waals surface area contributed by atoms with Crippen molar-refractivity contribution < 1.29 is 36.2 Å². The minimum atomic E-state index is -4.72. The molecule has 2 nitrogen and oxygen atoms in total. The maximum atomic E-state index is 14.3. The zero-order valence-electron chi connectivity index (χ0n) is 12.5. The summed E-state index contributed by atoms with van der Waals surface area (Å²) in [5.41, 5.74) is -5.79. The molecule has 0 saturated carbocycles. The number of rotatable bonds is 3. The van der Waals surface area contributed by atoms with Gasteiger partial charge in [-0.2, -0.15) is 13.2 Å². The Kier molecular flexibility index (Phi) is 5.06. The molecule has 0 radical (unpaired) electrons. The molecule has 1 aliphatic rings. The number of hydrogen-bond donors (Lipinski definition) is 1. The summed E-state index contributed by atoms with van der Waals surface area (Å²) in [5.74, 6) is -1.24. The number of hydrogen-bond acceptors (Lipinski definition) is 3. The quantitative estimate of drug-likeness (QED) is 0.473. The van der Waals surface area contributed by atoms with Crippen molar-refractivity contribution in [1.82, 2.24) is 0 Å². The van der Waals surface area contributed by atoms with Gasteiger partial charge in [-0.25, -0.2) is 13.2 Å².